The number of H-pyrrole nitrogens is 2. The van der Waals surface area contributed by atoms with Crippen molar-refractivity contribution in [2.75, 3.05) is 38.1 Å². The summed E-state index contributed by atoms with van der Waals surface area (Å²) in [6, 6.07) is 15.4. The average Bonchev–Trinajstić information content (AvgIpc) is 3.43. The molecule has 3 aromatic heterocycles. The Hall–Kier alpha value is -3.78. The van der Waals surface area contributed by atoms with Gasteiger partial charge in [-0.1, -0.05) is 0 Å². The van der Waals surface area contributed by atoms with E-state index in [-0.39, 0.29) is 5.82 Å². The normalized spacial score (nSPS) is 15.1. The Morgan fingerprint density at radius 3 is 2.31 bits per heavy atom. The molecule has 6 rings (SSSR count). The van der Waals surface area contributed by atoms with Crippen molar-refractivity contribution < 1.29 is 4.39 Å². The maximum absolute atomic E-state index is 13.2. The van der Waals surface area contributed by atoms with Gasteiger partial charge < -0.3 is 19.8 Å². The van der Waals surface area contributed by atoms with Crippen LogP contribution >= 0.6 is 0 Å². The number of hydrogen-bond donors (Lipinski definition) is 2. The smallest absolute Gasteiger partial charge is 0.157 e. The van der Waals surface area contributed by atoms with Crippen LogP contribution in [0.15, 0.2) is 54.7 Å². The highest BCUT2D eigenvalue weighted by molar-refractivity contribution is 5.86. The second-order valence-electron chi connectivity index (χ2n) is 8.26. The minimum Gasteiger partial charge on any atom is -0.369 e. The summed E-state index contributed by atoms with van der Waals surface area (Å²) in [5, 5.41) is 0. The van der Waals surface area contributed by atoms with Crippen molar-refractivity contribution in [3.05, 3.63) is 60.5 Å². The summed E-state index contributed by atoms with van der Waals surface area (Å²) in [4.78, 5) is 25.0. The maximum Gasteiger partial charge on any atom is 0.157 e. The van der Waals surface area contributed by atoms with Crippen LogP contribution in [0.4, 0.5) is 10.1 Å². The first-order valence-corrected chi connectivity index (χ1v) is 10.7. The molecule has 8 heteroatoms. The highest BCUT2D eigenvalue weighted by Crippen LogP contribution is 2.28. The molecule has 0 radical (unpaired) electrons. The summed E-state index contributed by atoms with van der Waals surface area (Å²) in [6.45, 7) is 4.22. The van der Waals surface area contributed by atoms with Gasteiger partial charge in [0.15, 0.2) is 5.82 Å². The second kappa shape index (κ2) is 7.42. The van der Waals surface area contributed by atoms with Crippen LogP contribution in [0.3, 0.4) is 0 Å². The lowest BCUT2D eigenvalue weighted by molar-refractivity contribution is 0.313. The van der Waals surface area contributed by atoms with E-state index in [1.807, 2.05) is 18.2 Å². The van der Waals surface area contributed by atoms with Crippen LogP contribution in [0.2, 0.25) is 0 Å². The molecule has 0 aliphatic carbocycles. The lowest BCUT2D eigenvalue weighted by Gasteiger charge is -2.34. The van der Waals surface area contributed by atoms with Crippen LogP contribution in [0, 0.1) is 5.82 Å². The predicted molar refractivity (Wildman–Crippen MR) is 124 cm³/mol. The number of aromatic amines is 2. The van der Waals surface area contributed by atoms with Crippen molar-refractivity contribution in [3.8, 4) is 22.9 Å². The van der Waals surface area contributed by atoms with E-state index < -0.39 is 0 Å². The number of rotatable bonds is 3. The van der Waals surface area contributed by atoms with Gasteiger partial charge in [0.2, 0.25) is 0 Å². The van der Waals surface area contributed by atoms with Crippen molar-refractivity contribution in [1.29, 1.82) is 0 Å². The summed E-state index contributed by atoms with van der Waals surface area (Å²) in [7, 11) is 2.16. The quantitative estimate of drug-likeness (QED) is 0.454. The number of piperazine rings is 1. The van der Waals surface area contributed by atoms with E-state index in [0.29, 0.717) is 11.5 Å². The molecule has 1 aliphatic heterocycles. The van der Waals surface area contributed by atoms with Gasteiger partial charge in [-0.25, -0.2) is 19.3 Å². The maximum atomic E-state index is 13.2. The SMILES string of the molecule is CN1CCN(c2ccc3nc(-c4ccc5nc(-c6ccc(F)cn6)[nH]c5c4)[nH]c3c2)CC1. The van der Waals surface area contributed by atoms with Gasteiger partial charge in [0.25, 0.3) is 0 Å². The van der Waals surface area contributed by atoms with Gasteiger partial charge in [-0.2, -0.15) is 0 Å². The number of anilines is 1. The minimum absolute atomic E-state index is 0.368. The lowest BCUT2D eigenvalue weighted by Crippen LogP contribution is -2.44. The summed E-state index contributed by atoms with van der Waals surface area (Å²) in [5.74, 6) is 1.06. The van der Waals surface area contributed by atoms with E-state index in [4.69, 9.17) is 4.98 Å². The number of aromatic nitrogens is 5. The molecule has 1 saturated heterocycles. The van der Waals surface area contributed by atoms with E-state index in [9.17, 15) is 4.39 Å². The van der Waals surface area contributed by atoms with Crippen LogP contribution in [0.1, 0.15) is 0 Å². The van der Waals surface area contributed by atoms with Crippen molar-refractivity contribution >= 4 is 27.8 Å². The Balaban J connectivity index is 1.32. The first-order chi connectivity index (χ1) is 15.6. The van der Waals surface area contributed by atoms with Crippen LogP contribution in [-0.4, -0.2) is 63.0 Å². The largest absolute Gasteiger partial charge is 0.369 e. The monoisotopic (exact) mass is 427 g/mol. The summed E-state index contributed by atoms with van der Waals surface area (Å²) >= 11 is 0. The zero-order valence-electron chi connectivity index (χ0n) is 17.6. The minimum atomic E-state index is -0.368. The van der Waals surface area contributed by atoms with Crippen LogP contribution in [0.5, 0.6) is 0 Å². The standard InChI is InChI=1S/C24H22FN7/c1-31-8-10-32(11-9-31)17-4-7-19-22(13-17)29-23(27-19)15-2-5-18-21(12-15)30-24(28-18)20-6-3-16(25)14-26-20/h2-7,12-14H,8-11H2,1H3,(H,27,29)(H,28,30). The van der Waals surface area contributed by atoms with Gasteiger partial charge in [-0.15, -0.1) is 0 Å². The number of nitrogens with zero attached hydrogens (tertiary/aromatic N) is 5. The average molecular weight is 427 g/mol. The van der Waals surface area contributed by atoms with Crippen LogP contribution in [0.25, 0.3) is 45.0 Å². The Morgan fingerprint density at radius 2 is 1.53 bits per heavy atom. The molecule has 2 aromatic carbocycles. The summed E-state index contributed by atoms with van der Waals surface area (Å²) in [6.07, 6.45) is 1.19. The molecule has 4 heterocycles. The molecule has 0 unspecified atom stereocenters. The highest BCUT2D eigenvalue weighted by atomic mass is 19.1. The molecule has 7 nitrogen and oxygen atoms in total. The Kier molecular flexibility index (Phi) is 4.39. The van der Waals surface area contributed by atoms with Crippen molar-refractivity contribution in [1.82, 2.24) is 29.8 Å². The lowest BCUT2D eigenvalue weighted by atomic mass is 10.2. The first-order valence-electron chi connectivity index (χ1n) is 10.7. The molecular formula is C24H22FN7. The number of benzene rings is 2. The summed E-state index contributed by atoms with van der Waals surface area (Å²) < 4.78 is 13.2. The zero-order chi connectivity index (χ0) is 21.7. The predicted octanol–water partition coefficient (Wildman–Crippen LogP) is 4.06. The van der Waals surface area contributed by atoms with E-state index in [1.54, 1.807) is 6.07 Å². The van der Waals surface area contributed by atoms with E-state index in [0.717, 1.165) is 59.6 Å². The third-order valence-electron chi connectivity index (χ3n) is 6.06. The van der Waals surface area contributed by atoms with Gasteiger partial charge in [-0.3, -0.25) is 0 Å². The Bertz CT molecular complexity index is 1410. The van der Waals surface area contributed by atoms with Crippen molar-refractivity contribution in [2.24, 2.45) is 0 Å². The van der Waals surface area contributed by atoms with Gasteiger partial charge in [0.05, 0.1) is 28.3 Å². The fourth-order valence-electron chi connectivity index (χ4n) is 4.19. The Morgan fingerprint density at radius 1 is 0.812 bits per heavy atom. The molecule has 1 fully saturated rings. The van der Waals surface area contributed by atoms with Crippen LogP contribution < -0.4 is 4.90 Å². The third-order valence-corrected chi connectivity index (χ3v) is 6.06. The fraction of sp³-hybridized carbons (Fsp3) is 0.208. The molecule has 0 bridgehead atoms. The van der Waals surface area contributed by atoms with Gasteiger partial charge in [-0.05, 0) is 55.6 Å². The molecule has 0 spiro atoms. The highest BCUT2D eigenvalue weighted by Gasteiger charge is 2.16. The topological polar surface area (TPSA) is 76.7 Å². The molecule has 0 saturated carbocycles. The third kappa shape index (κ3) is 3.38. The molecule has 0 atom stereocenters. The van der Waals surface area contributed by atoms with Gasteiger partial charge >= 0.3 is 0 Å². The number of nitrogens with one attached hydrogen (secondary N) is 2. The molecule has 160 valence electrons. The van der Waals surface area contributed by atoms with E-state index in [2.05, 4.69) is 55.0 Å². The first kappa shape index (κ1) is 18.9. The number of imidazole rings is 2. The van der Waals surface area contributed by atoms with Crippen molar-refractivity contribution in [2.45, 2.75) is 0 Å². The zero-order valence-corrected chi connectivity index (χ0v) is 17.6. The van der Waals surface area contributed by atoms with Gasteiger partial charge in [0, 0.05) is 37.4 Å². The molecule has 32 heavy (non-hydrogen) atoms. The van der Waals surface area contributed by atoms with Crippen LogP contribution in [-0.2, 0) is 0 Å². The molecule has 0 amide bonds. The van der Waals surface area contributed by atoms with Crippen molar-refractivity contribution in [3.63, 3.8) is 0 Å². The number of likely N-dealkylation sites (N-methyl/N-ethyl adjacent to an activating group) is 1. The number of fused-ring (bicyclic) bond motifs is 2. The molecule has 5 aromatic rings. The summed E-state index contributed by atoms with van der Waals surface area (Å²) in [5.41, 5.74) is 6.46. The number of pyridine rings is 1. The van der Waals surface area contributed by atoms with E-state index in [1.165, 1.54) is 18.0 Å². The fourth-order valence-corrected chi connectivity index (χ4v) is 4.19. The Labute approximate surface area is 183 Å². The second-order valence-corrected chi connectivity index (χ2v) is 8.26. The van der Waals surface area contributed by atoms with Gasteiger partial charge in [0.1, 0.15) is 17.3 Å². The van der Waals surface area contributed by atoms with E-state index >= 15 is 0 Å². The molecule has 1 aliphatic rings. The number of halogens is 1. The molecular weight excluding hydrogens is 405 g/mol. The molecule has 2 N–H and O–H groups in total. The number of hydrogen-bond acceptors (Lipinski definition) is 5.